The molecule has 5 nitrogen and oxygen atoms in total. The summed E-state index contributed by atoms with van der Waals surface area (Å²) in [6.45, 7) is 4.51. The van der Waals surface area contributed by atoms with Gasteiger partial charge in [-0.1, -0.05) is 12.8 Å². The highest BCUT2D eigenvalue weighted by atomic mass is 19.1. The second-order valence-electron chi connectivity index (χ2n) is 11.6. The van der Waals surface area contributed by atoms with Crippen molar-refractivity contribution in [3.8, 4) is 11.5 Å². The van der Waals surface area contributed by atoms with Crippen molar-refractivity contribution in [3.05, 3.63) is 65.2 Å². The second-order valence-corrected chi connectivity index (χ2v) is 11.6. The van der Waals surface area contributed by atoms with E-state index in [0.717, 1.165) is 64.9 Å². The zero-order valence-electron chi connectivity index (χ0n) is 22.4. The van der Waals surface area contributed by atoms with Crippen LogP contribution in [0.5, 0.6) is 11.5 Å². The van der Waals surface area contributed by atoms with E-state index < -0.39 is 0 Å². The molecule has 198 valence electrons. The van der Waals surface area contributed by atoms with Crippen molar-refractivity contribution in [2.75, 3.05) is 19.7 Å². The highest BCUT2D eigenvalue weighted by molar-refractivity contribution is 5.88. The zero-order valence-corrected chi connectivity index (χ0v) is 22.4. The van der Waals surface area contributed by atoms with Crippen LogP contribution >= 0.6 is 0 Å². The van der Waals surface area contributed by atoms with Gasteiger partial charge < -0.3 is 14.0 Å². The summed E-state index contributed by atoms with van der Waals surface area (Å²) >= 11 is 0. The third-order valence-corrected chi connectivity index (χ3v) is 9.09. The van der Waals surface area contributed by atoms with Crippen LogP contribution in [-0.2, 0) is 19.9 Å². The number of rotatable bonds is 5. The summed E-state index contributed by atoms with van der Waals surface area (Å²) in [6.07, 6.45) is 8.35. The van der Waals surface area contributed by atoms with Crippen molar-refractivity contribution in [3.63, 3.8) is 0 Å². The number of hydrogen-bond donors (Lipinski definition) is 0. The van der Waals surface area contributed by atoms with Gasteiger partial charge in [-0.3, -0.25) is 9.88 Å². The first kappa shape index (κ1) is 24.0. The van der Waals surface area contributed by atoms with Gasteiger partial charge in [-0.05, 0) is 93.0 Å². The summed E-state index contributed by atoms with van der Waals surface area (Å²) in [7, 11) is 2.13. The standard InChI is InChI=1S/C32H36FN3O2/c1-20-7-10-25-28(34-20)11-14-31-32(25)38-24(19-37-31)18-36(23-5-3-4-6-23)17-21-8-12-29-26(15-21)27-16-22(33)9-13-30(27)35(29)2/h7,9-11,13-14,16,21,23-24H,3-6,8,12,15,17-19H2,1-2H3/t21?,24-/m0/s1. The van der Waals surface area contributed by atoms with Crippen LogP contribution in [0.2, 0.25) is 0 Å². The number of halogens is 1. The van der Waals surface area contributed by atoms with Crippen LogP contribution in [0.15, 0.2) is 42.5 Å². The average Bonchev–Trinajstić information content (AvgIpc) is 3.55. The largest absolute Gasteiger partial charge is 0.486 e. The van der Waals surface area contributed by atoms with E-state index in [2.05, 4.69) is 27.6 Å². The summed E-state index contributed by atoms with van der Waals surface area (Å²) in [5.74, 6) is 2.06. The fraction of sp³-hybridized carbons (Fsp3) is 0.469. The van der Waals surface area contributed by atoms with Gasteiger partial charge in [0.15, 0.2) is 11.5 Å². The fourth-order valence-electron chi connectivity index (χ4n) is 7.18. The van der Waals surface area contributed by atoms with Crippen molar-refractivity contribution >= 4 is 21.8 Å². The lowest BCUT2D eigenvalue weighted by Gasteiger charge is -2.37. The molecule has 3 heterocycles. The highest BCUT2D eigenvalue weighted by Crippen LogP contribution is 2.39. The number of aryl methyl sites for hydroxylation is 2. The SMILES string of the molecule is Cc1ccc2c3c(ccc2n1)OC[C@H](CN(CC1CCc2c(c4cc(F)ccc4n2C)C1)C1CCCC1)O3. The fourth-order valence-corrected chi connectivity index (χ4v) is 7.18. The van der Waals surface area contributed by atoms with Gasteiger partial charge in [-0.2, -0.15) is 0 Å². The van der Waals surface area contributed by atoms with Gasteiger partial charge in [0.2, 0.25) is 0 Å². The maximum atomic E-state index is 14.2. The van der Waals surface area contributed by atoms with E-state index in [1.54, 1.807) is 12.1 Å². The average molecular weight is 514 g/mol. The molecule has 2 aromatic carbocycles. The van der Waals surface area contributed by atoms with E-state index in [9.17, 15) is 4.39 Å². The molecule has 4 aromatic rings. The Labute approximate surface area is 223 Å². The first-order valence-corrected chi connectivity index (χ1v) is 14.2. The van der Waals surface area contributed by atoms with Crippen LogP contribution in [0.1, 0.15) is 49.1 Å². The van der Waals surface area contributed by atoms with Gasteiger partial charge in [-0.15, -0.1) is 0 Å². The molecule has 0 saturated heterocycles. The number of ether oxygens (including phenoxy) is 2. The minimum absolute atomic E-state index is 0.0131. The summed E-state index contributed by atoms with van der Waals surface area (Å²) in [5.41, 5.74) is 5.83. The molecular formula is C32H36FN3O2. The smallest absolute Gasteiger partial charge is 0.171 e. The van der Waals surface area contributed by atoms with Crippen molar-refractivity contribution < 1.29 is 13.9 Å². The summed E-state index contributed by atoms with van der Waals surface area (Å²) < 4.78 is 29.3. The molecule has 2 aliphatic carbocycles. The number of benzene rings is 2. The zero-order chi connectivity index (χ0) is 25.8. The van der Waals surface area contributed by atoms with Crippen LogP contribution in [0.25, 0.3) is 21.8 Å². The Kier molecular flexibility index (Phi) is 6.03. The molecule has 1 fully saturated rings. The Balaban J connectivity index is 1.12. The Hall–Kier alpha value is -3.12. The van der Waals surface area contributed by atoms with Gasteiger partial charge in [0.05, 0.1) is 5.52 Å². The molecule has 0 spiro atoms. The van der Waals surface area contributed by atoms with Crippen molar-refractivity contribution in [2.45, 2.75) is 64.0 Å². The number of fused-ring (bicyclic) bond motifs is 6. The maximum absolute atomic E-state index is 14.2. The third kappa shape index (κ3) is 4.23. The predicted molar refractivity (Wildman–Crippen MR) is 149 cm³/mol. The minimum Gasteiger partial charge on any atom is -0.486 e. The molecule has 1 unspecified atom stereocenters. The lowest BCUT2D eigenvalue weighted by atomic mass is 9.85. The van der Waals surface area contributed by atoms with Gasteiger partial charge in [-0.25, -0.2) is 4.39 Å². The summed E-state index contributed by atoms with van der Waals surface area (Å²) in [6, 6.07) is 14.0. The Morgan fingerprint density at radius 1 is 1.03 bits per heavy atom. The molecule has 0 bridgehead atoms. The van der Waals surface area contributed by atoms with E-state index in [1.807, 2.05) is 31.2 Å². The molecule has 1 saturated carbocycles. The number of aromatic nitrogens is 2. The van der Waals surface area contributed by atoms with E-state index in [0.29, 0.717) is 18.6 Å². The monoisotopic (exact) mass is 513 g/mol. The lowest BCUT2D eigenvalue weighted by Crippen LogP contribution is -2.47. The topological polar surface area (TPSA) is 39.5 Å². The van der Waals surface area contributed by atoms with E-state index in [1.165, 1.54) is 43.4 Å². The quantitative estimate of drug-likeness (QED) is 0.311. The minimum atomic E-state index is -0.145. The first-order valence-electron chi connectivity index (χ1n) is 14.2. The van der Waals surface area contributed by atoms with Crippen LogP contribution < -0.4 is 9.47 Å². The van der Waals surface area contributed by atoms with E-state index in [4.69, 9.17) is 9.47 Å². The van der Waals surface area contributed by atoms with Gasteiger partial charge in [0.1, 0.15) is 18.5 Å². The molecule has 0 amide bonds. The van der Waals surface area contributed by atoms with Gasteiger partial charge >= 0.3 is 0 Å². The highest BCUT2D eigenvalue weighted by Gasteiger charge is 2.33. The maximum Gasteiger partial charge on any atom is 0.171 e. The molecule has 3 aliphatic rings. The Morgan fingerprint density at radius 3 is 2.76 bits per heavy atom. The molecule has 6 heteroatoms. The summed E-state index contributed by atoms with van der Waals surface area (Å²) in [4.78, 5) is 7.38. The van der Waals surface area contributed by atoms with Crippen molar-refractivity contribution in [1.29, 1.82) is 0 Å². The van der Waals surface area contributed by atoms with Crippen LogP contribution in [-0.4, -0.2) is 46.3 Å². The Morgan fingerprint density at radius 2 is 1.89 bits per heavy atom. The van der Waals surface area contributed by atoms with Crippen LogP contribution in [0.4, 0.5) is 4.39 Å². The molecule has 1 aliphatic heterocycles. The number of nitrogens with zero attached hydrogens (tertiary/aromatic N) is 3. The van der Waals surface area contributed by atoms with Crippen molar-refractivity contribution in [2.24, 2.45) is 13.0 Å². The lowest BCUT2D eigenvalue weighted by molar-refractivity contribution is 0.0397. The Bertz CT molecular complexity index is 1510. The normalized spacial score (nSPS) is 21.5. The molecule has 0 radical (unpaired) electrons. The molecular weight excluding hydrogens is 477 g/mol. The van der Waals surface area contributed by atoms with E-state index >= 15 is 0 Å². The van der Waals surface area contributed by atoms with Gasteiger partial charge in [0.25, 0.3) is 0 Å². The molecule has 38 heavy (non-hydrogen) atoms. The third-order valence-electron chi connectivity index (χ3n) is 9.09. The van der Waals surface area contributed by atoms with Gasteiger partial charge in [0, 0.05) is 53.9 Å². The number of hydrogen-bond acceptors (Lipinski definition) is 4. The molecule has 2 aromatic heterocycles. The van der Waals surface area contributed by atoms with Crippen LogP contribution in [0.3, 0.4) is 0 Å². The van der Waals surface area contributed by atoms with Crippen LogP contribution in [0, 0.1) is 18.7 Å². The first-order chi connectivity index (χ1) is 18.5. The van der Waals surface area contributed by atoms with E-state index in [-0.39, 0.29) is 11.9 Å². The molecule has 0 N–H and O–H groups in total. The number of pyridine rings is 1. The molecule has 2 atom stereocenters. The van der Waals surface area contributed by atoms with Crippen molar-refractivity contribution in [1.82, 2.24) is 14.5 Å². The molecule has 7 rings (SSSR count). The second kappa shape index (κ2) is 9.57. The summed E-state index contributed by atoms with van der Waals surface area (Å²) in [5, 5.41) is 2.11. The predicted octanol–water partition coefficient (Wildman–Crippen LogP) is 6.36.